The number of hydrogen-bond donors (Lipinski definition) is 0. The van der Waals surface area contributed by atoms with Gasteiger partial charge in [-0.15, -0.1) is 0 Å². The number of hydrogen-bond acceptors (Lipinski definition) is 8. The first-order chi connectivity index (χ1) is 43.3. The third-order valence-corrected chi connectivity index (χ3v) is 23.1. The zero-order chi connectivity index (χ0) is 61.5. The molecule has 0 radical (unpaired) electrons. The fourth-order valence-electron chi connectivity index (χ4n) is 15.0. The van der Waals surface area contributed by atoms with Gasteiger partial charge in [0.1, 0.15) is 59.4 Å². The Morgan fingerprint density at radius 2 is 0.420 bits per heavy atom. The second-order valence-corrected chi connectivity index (χ2v) is 29.9. The van der Waals surface area contributed by atoms with Gasteiger partial charge in [-0.25, -0.2) is 0 Å². The van der Waals surface area contributed by atoms with Gasteiger partial charge in [-0.2, -0.15) is 0 Å². The van der Waals surface area contributed by atoms with Crippen molar-refractivity contribution < 1.29 is 37.9 Å². The van der Waals surface area contributed by atoms with Crippen molar-refractivity contribution in [3.63, 3.8) is 0 Å². The highest BCUT2D eigenvalue weighted by Gasteiger charge is 2.41. The van der Waals surface area contributed by atoms with Gasteiger partial charge in [-0.05, 0) is 120 Å². The molecule has 0 amide bonds. The number of ether oxygens (including phenoxy) is 8. The van der Waals surface area contributed by atoms with Crippen LogP contribution in [0.1, 0.15) is 353 Å². The Hall–Kier alpha value is -2.55. The first-order valence-electron chi connectivity index (χ1n) is 35.8. The van der Waals surface area contributed by atoms with Crippen molar-refractivity contribution in [1.82, 2.24) is 0 Å². The van der Waals surface area contributed by atoms with E-state index in [2.05, 4.69) is 122 Å². The SMILES string of the molecule is CCCCCCCCCCCC1c2cc3c4c(Br)c2OCOc2c1cc1c(c2Br)OCOc2c(cc5c(c2I)OCOc2c(cc(c(c2Br)OCO4)C3CCCCCCCCCCC)C5CCCCCCCCCCC)C1CCCCCCCCCCC. The summed E-state index contributed by atoms with van der Waals surface area (Å²) in [5, 5.41) is 0. The van der Waals surface area contributed by atoms with Crippen molar-refractivity contribution >= 4 is 70.4 Å². The Balaban J connectivity index is 1.23. The van der Waals surface area contributed by atoms with Gasteiger partial charge in [0.05, 0.1) is 3.57 Å². The predicted molar refractivity (Wildman–Crippen MR) is 381 cm³/mol. The Kier molecular flexibility index (Phi) is 29.6. The third-order valence-electron chi connectivity index (χ3n) is 20.0. The van der Waals surface area contributed by atoms with E-state index in [1.54, 1.807) is 0 Å². The zero-order valence-electron chi connectivity index (χ0n) is 54.5. The summed E-state index contributed by atoms with van der Waals surface area (Å²) in [4.78, 5) is 0. The lowest BCUT2D eigenvalue weighted by Gasteiger charge is -2.36. The van der Waals surface area contributed by atoms with Crippen LogP contribution in [-0.2, 0) is 0 Å². The molecule has 0 saturated carbocycles. The van der Waals surface area contributed by atoms with Gasteiger partial charge in [0.25, 0.3) is 0 Å². The van der Waals surface area contributed by atoms with E-state index >= 15 is 0 Å². The normalized spacial score (nSPS) is 17.6. The molecular formula is C76H108Br3IO8. The van der Waals surface area contributed by atoms with E-state index in [9.17, 15) is 0 Å². The molecule has 0 fully saturated rings. The molecule has 12 heteroatoms. The van der Waals surface area contributed by atoms with Crippen molar-refractivity contribution in [1.29, 1.82) is 0 Å². The van der Waals surface area contributed by atoms with E-state index in [0.717, 1.165) is 114 Å². The first kappa shape index (κ1) is 69.8. The second-order valence-electron chi connectivity index (χ2n) is 26.4. The van der Waals surface area contributed by atoms with Crippen molar-refractivity contribution in [2.24, 2.45) is 0 Å². The van der Waals surface area contributed by atoms with Crippen LogP contribution in [0.3, 0.4) is 0 Å². The predicted octanol–water partition coefficient (Wildman–Crippen LogP) is 26.0. The third kappa shape index (κ3) is 18.0. The fraction of sp³-hybridized carbons (Fsp3) is 0.684. The minimum absolute atomic E-state index is 0.0195. The van der Waals surface area contributed by atoms with Gasteiger partial charge in [-0.3, -0.25) is 0 Å². The molecule has 4 aromatic rings. The molecule has 9 rings (SSSR count). The lowest BCUT2D eigenvalue weighted by molar-refractivity contribution is 0.0953. The summed E-state index contributed by atoms with van der Waals surface area (Å²) in [5.41, 5.74) is 9.53. The smallest absolute Gasteiger partial charge is 0.231 e. The van der Waals surface area contributed by atoms with E-state index in [-0.39, 0.29) is 50.8 Å². The molecule has 4 aliphatic heterocycles. The van der Waals surface area contributed by atoms with E-state index in [4.69, 9.17) is 37.9 Å². The molecule has 8 nitrogen and oxygen atoms in total. The Bertz CT molecular complexity index is 2310. The van der Waals surface area contributed by atoms with Crippen LogP contribution < -0.4 is 37.9 Å². The van der Waals surface area contributed by atoms with Crippen molar-refractivity contribution in [3.8, 4) is 46.0 Å². The maximum Gasteiger partial charge on any atom is 0.231 e. The van der Waals surface area contributed by atoms with Crippen LogP contribution in [0.2, 0.25) is 0 Å². The average molecular weight is 1520 g/mol. The molecule has 4 heterocycles. The zero-order valence-corrected chi connectivity index (χ0v) is 61.4. The topological polar surface area (TPSA) is 73.8 Å². The lowest BCUT2D eigenvalue weighted by atomic mass is 9.76. The summed E-state index contributed by atoms with van der Waals surface area (Å²) >= 11 is 15.3. The molecule has 88 heavy (non-hydrogen) atoms. The van der Waals surface area contributed by atoms with Crippen LogP contribution in [0.15, 0.2) is 37.7 Å². The molecule has 1 aliphatic carbocycles. The van der Waals surface area contributed by atoms with Crippen LogP contribution in [0, 0.1) is 3.57 Å². The highest BCUT2D eigenvalue weighted by Crippen LogP contribution is 2.60. The minimum atomic E-state index is -0.0640. The number of rotatable bonds is 40. The molecule has 4 unspecified atom stereocenters. The lowest BCUT2D eigenvalue weighted by Crippen LogP contribution is -2.24. The Morgan fingerprint density at radius 1 is 0.261 bits per heavy atom. The van der Waals surface area contributed by atoms with Crippen LogP contribution in [0.25, 0.3) is 0 Å². The Labute approximate surface area is 570 Å². The minimum Gasteiger partial charge on any atom is -0.456 e. The van der Waals surface area contributed by atoms with Gasteiger partial charge in [-0.1, -0.05) is 259 Å². The van der Waals surface area contributed by atoms with Crippen molar-refractivity contribution in [2.75, 3.05) is 27.2 Å². The molecule has 0 aromatic heterocycles. The van der Waals surface area contributed by atoms with Gasteiger partial charge >= 0.3 is 0 Å². The fourth-order valence-corrected chi connectivity index (χ4v) is 18.0. The van der Waals surface area contributed by atoms with Gasteiger partial charge in [0.2, 0.25) is 27.2 Å². The van der Waals surface area contributed by atoms with Crippen LogP contribution >= 0.6 is 70.4 Å². The molecule has 5 aliphatic rings. The maximum atomic E-state index is 6.99. The summed E-state index contributed by atoms with van der Waals surface area (Å²) in [5.74, 6) is 6.25. The molecular weight excluding hydrogens is 1410 g/mol. The van der Waals surface area contributed by atoms with E-state index < -0.39 is 0 Å². The standard InChI is InChI=1S/C76H108Br3IO8/c1-5-9-13-17-21-25-29-33-37-41-53-57-45-58-54(42-38-34-30-26-22-18-14-10-6-2)60-47-62-56(44-40-36-32-28-24-20-16-12-8-4)64-48-63-55(43-39-35-31-27-23-19-15-11-7-3)61-46-59(53)71-66(78)73(61)85-51-87-75(63)68(80)76(64)88-52-86-74(62)67(79)72(60)84-50-82-70(58)65(77)69(57)81-49-83-71/h45-48,53-56H,5-44,49-52H2,1-4H3. The molecule has 0 spiro atoms. The highest BCUT2D eigenvalue weighted by atomic mass is 127. The van der Waals surface area contributed by atoms with Crippen LogP contribution in [-0.4, -0.2) is 27.2 Å². The summed E-state index contributed by atoms with van der Waals surface area (Å²) in [6.07, 6.45) is 49.3. The number of halogens is 4. The Morgan fingerprint density at radius 3 is 0.614 bits per heavy atom. The molecule has 8 bridgehead atoms. The van der Waals surface area contributed by atoms with Crippen molar-refractivity contribution in [2.45, 2.75) is 308 Å². The molecule has 4 aromatic carbocycles. The van der Waals surface area contributed by atoms with E-state index in [0.29, 0.717) is 0 Å². The summed E-state index contributed by atoms with van der Waals surface area (Å²) in [6.45, 7) is 9.34. The second kappa shape index (κ2) is 37.4. The van der Waals surface area contributed by atoms with Crippen LogP contribution in [0.5, 0.6) is 46.0 Å². The largest absolute Gasteiger partial charge is 0.456 e. The molecule has 0 N–H and O–H groups in total. The first-order valence-corrected chi connectivity index (χ1v) is 39.2. The van der Waals surface area contributed by atoms with E-state index in [1.807, 2.05) is 0 Å². The summed E-state index contributed by atoms with van der Waals surface area (Å²) in [7, 11) is 0. The molecule has 488 valence electrons. The van der Waals surface area contributed by atoms with E-state index in [1.165, 1.54) is 250 Å². The number of benzene rings is 4. The van der Waals surface area contributed by atoms with Crippen molar-refractivity contribution in [3.05, 3.63) is 85.8 Å². The summed E-state index contributed by atoms with van der Waals surface area (Å²) < 4.78 is 59.2. The summed E-state index contributed by atoms with van der Waals surface area (Å²) in [6, 6.07) is 10.1. The molecule has 4 atom stereocenters. The highest BCUT2D eigenvalue weighted by molar-refractivity contribution is 14.1. The number of unbranched alkanes of at least 4 members (excludes halogenated alkanes) is 32. The van der Waals surface area contributed by atoms with Gasteiger partial charge < -0.3 is 37.9 Å². The average Bonchev–Trinajstić information content (AvgIpc) is 0.797. The van der Waals surface area contributed by atoms with Gasteiger partial charge in [0, 0.05) is 68.2 Å². The molecule has 0 saturated heterocycles. The van der Waals surface area contributed by atoms with Crippen LogP contribution in [0.4, 0.5) is 0 Å². The quantitative estimate of drug-likeness (QED) is 0.0322. The monoisotopic (exact) mass is 1510 g/mol. The van der Waals surface area contributed by atoms with Gasteiger partial charge in [0.15, 0.2) is 0 Å². The maximum absolute atomic E-state index is 6.99.